The lowest BCUT2D eigenvalue weighted by Gasteiger charge is -2.43. The van der Waals surface area contributed by atoms with E-state index in [0.717, 1.165) is 38.7 Å². The Kier molecular flexibility index (Phi) is 7.49. The average molecular weight is 460 g/mol. The monoisotopic (exact) mass is 460 g/mol. The summed E-state index contributed by atoms with van der Waals surface area (Å²) in [4.78, 5) is 48.0. The number of carbonyl (C=O) groups excluding carboxylic acids is 4. The van der Waals surface area contributed by atoms with Crippen LogP contribution in [0.5, 0.6) is 5.75 Å². The van der Waals surface area contributed by atoms with Crippen LogP contribution in [0.2, 0.25) is 0 Å². The van der Waals surface area contributed by atoms with E-state index in [2.05, 4.69) is 0 Å². The Labute approximate surface area is 189 Å². The van der Waals surface area contributed by atoms with E-state index < -0.39 is 54.6 Å². The van der Waals surface area contributed by atoms with Gasteiger partial charge in [0.1, 0.15) is 5.75 Å². The van der Waals surface area contributed by atoms with Gasteiger partial charge in [-0.15, -0.1) is 0 Å². The number of rotatable bonds is 6. The first-order valence-electron chi connectivity index (χ1n) is 10.1. The van der Waals surface area contributed by atoms with Gasteiger partial charge < -0.3 is 28.4 Å². The van der Waals surface area contributed by atoms with E-state index in [4.69, 9.17) is 28.4 Å². The molecule has 0 unspecified atom stereocenters. The first-order chi connectivity index (χ1) is 15.7. The molecule has 1 saturated heterocycles. The SMILES string of the molecule is COC(=O)[C@@H]1O[C@@H](Oc2cccc3ccccc23)[C@@H](OC(C)=O)[C@@H](OC(C)=O)[C@@H]1OC(C)=O. The number of carbonyl (C=O) groups is 4. The Morgan fingerprint density at radius 1 is 0.758 bits per heavy atom. The van der Waals surface area contributed by atoms with Crippen LogP contribution >= 0.6 is 0 Å². The lowest BCUT2D eigenvalue weighted by molar-refractivity contribution is -0.282. The molecule has 0 saturated carbocycles. The van der Waals surface area contributed by atoms with E-state index in [-0.39, 0.29) is 0 Å². The molecule has 0 bridgehead atoms. The van der Waals surface area contributed by atoms with E-state index >= 15 is 0 Å². The normalized spacial score (nSPS) is 24.4. The maximum absolute atomic E-state index is 12.5. The second-order valence-corrected chi connectivity index (χ2v) is 7.27. The number of hydrogen-bond donors (Lipinski definition) is 0. The van der Waals surface area contributed by atoms with Gasteiger partial charge in [0.2, 0.25) is 12.4 Å². The maximum atomic E-state index is 12.5. The molecule has 0 amide bonds. The van der Waals surface area contributed by atoms with Crippen LogP contribution in [0.1, 0.15) is 20.8 Å². The maximum Gasteiger partial charge on any atom is 0.339 e. The van der Waals surface area contributed by atoms with Crippen LogP contribution in [-0.4, -0.2) is 61.7 Å². The molecule has 0 radical (unpaired) electrons. The largest absolute Gasteiger partial charge is 0.467 e. The molecular weight excluding hydrogens is 436 g/mol. The van der Waals surface area contributed by atoms with E-state index in [1.807, 2.05) is 30.3 Å². The molecule has 2 aromatic carbocycles. The van der Waals surface area contributed by atoms with E-state index in [1.165, 1.54) is 0 Å². The van der Waals surface area contributed by atoms with Crippen molar-refractivity contribution in [2.24, 2.45) is 0 Å². The van der Waals surface area contributed by atoms with Gasteiger partial charge in [-0.05, 0) is 11.5 Å². The van der Waals surface area contributed by atoms with E-state index in [1.54, 1.807) is 12.1 Å². The van der Waals surface area contributed by atoms with Crippen LogP contribution in [0.25, 0.3) is 10.8 Å². The smallest absolute Gasteiger partial charge is 0.339 e. The minimum absolute atomic E-state index is 0.367. The summed E-state index contributed by atoms with van der Waals surface area (Å²) in [5, 5.41) is 1.60. The van der Waals surface area contributed by atoms with Crippen molar-refractivity contribution in [3.8, 4) is 5.75 Å². The number of ether oxygens (including phenoxy) is 6. The summed E-state index contributed by atoms with van der Waals surface area (Å²) < 4.78 is 32.5. The first-order valence-corrected chi connectivity index (χ1v) is 10.1. The van der Waals surface area contributed by atoms with Crippen molar-refractivity contribution in [3.05, 3.63) is 42.5 Å². The Morgan fingerprint density at radius 2 is 1.33 bits per heavy atom. The molecule has 176 valence electrons. The van der Waals surface area contributed by atoms with Crippen LogP contribution in [0, 0.1) is 0 Å². The topological polar surface area (TPSA) is 124 Å². The van der Waals surface area contributed by atoms with Crippen molar-refractivity contribution < 1.29 is 47.6 Å². The van der Waals surface area contributed by atoms with Gasteiger partial charge >= 0.3 is 23.9 Å². The molecule has 33 heavy (non-hydrogen) atoms. The fraction of sp³-hybridized carbons (Fsp3) is 0.391. The van der Waals surface area contributed by atoms with Gasteiger partial charge in [-0.25, -0.2) is 4.79 Å². The highest BCUT2D eigenvalue weighted by atomic mass is 16.7. The summed E-state index contributed by atoms with van der Waals surface area (Å²) in [6.07, 6.45) is -7.14. The number of hydrogen-bond acceptors (Lipinski definition) is 10. The average Bonchev–Trinajstić information content (AvgIpc) is 2.76. The minimum atomic E-state index is -1.52. The number of esters is 4. The molecule has 3 rings (SSSR count). The molecule has 1 aliphatic heterocycles. The summed E-state index contributed by atoms with van der Waals surface area (Å²) in [5.41, 5.74) is 0. The second-order valence-electron chi connectivity index (χ2n) is 7.27. The van der Waals surface area contributed by atoms with Gasteiger partial charge in [-0.2, -0.15) is 0 Å². The Bertz CT molecular complexity index is 1040. The van der Waals surface area contributed by atoms with Crippen LogP contribution in [0.15, 0.2) is 42.5 Å². The van der Waals surface area contributed by atoms with Gasteiger partial charge in [0.15, 0.2) is 18.3 Å². The van der Waals surface area contributed by atoms with Crippen molar-refractivity contribution in [2.75, 3.05) is 7.11 Å². The summed E-state index contributed by atoms with van der Waals surface area (Å²) >= 11 is 0. The lowest BCUT2D eigenvalue weighted by Crippen LogP contribution is -2.64. The van der Waals surface area contributed by atoms with Crippen molar-refractivity contribution in [3.63, 3.8) is 0 Å². The van der Waals surface area contributed by atoms with Crippen molar-refractivity contribution in [1.82, 2.24) is 0 Å². The quantitative estimate of drug-likeness (QED) is 0.466. The molecule has 0 aliphatic carbocycles. The summed E-state index contributed by atoms with van der Waals surface area (Å²) in [6, 6.07) is 12.7. The van der Waals surface area contributed by atoms with Gasteiger partial charge in [-0.3, -0.25) is 14.4 Å². The first kappa shape index (κ1) is 24.0. The molecule has 2 aromatic rings. The van der Waals surface area contributed by atoms with Crippen LogP contribution in [0.3, 0.4) is 0 Å². The van der Waals surface area contributed by atoms with Gasteiger partial charge in [-0.1, -0.05) is 36.4 Å². The van der Waals surface area contributed by atoms with Crippen LogP contribution in [-0.2, 0) is 42.9 Å². The number of fused-ring (bicyclic) bond motifs is 1. The van der Waals surface area contributed by atoms with Gasteiger partial charge in [0, 0.05) is 26.2 Å². The third-order valence-electron chi connectivity index (χ3n) is 4.83. The molecule has 5 atom stereocenters. The highest BCUT2D eigenvalue weighted by molar-refractivity contribution is 5.88. The molecule has 0 spiro atoms. The van der Waals surface area contributed by atoms with Crippen molar-refractivity contribution in [2.45, 2.75) is 51.5 Å². The van der Waals surface area contributed by atoms with E-state index in [9.17, 15) is 19.2 Å². The third-order valence-corrected chi connectivity index (χ3v) is 4.83. The molecule has 10 nitrogen and oxygen atoms in total. The standard InChI is InChI=1S/C23H24O10/c1-12(24)29-18-19(30-13(2)25)21(31-14(3)26)23(33-20(18)22(27)28-4)32-17-11-7-9-15-8-5-6-10-16(15)17/h5-11,18-21,23H,1-4H3/t18-,19-,20+,21-,23+/m0/s1. The van der Waals surface area contributed by atoms with Crippen molar-refractivity contribution in [1.29, 1.82) is 0 Å². The fourth-order valence-corrected chi connectivity index (χ4v) is 3.60. The molecule has 1 fully saturated rings. The van der Waals surface area contributed by atoms with Gasteiger partial charge in [0.05, 0.1) is 7.11 Å². The fourth-order valence-electron chi connectivity index (χ4n) is 3.60. The summed E-state index contributed by atoms with van der Waals surface area (Å²) in [7, 11) is 1.12. The molecular formula is C23H24O10. The minimum Gasteiger partial charge on any atom is -0.467 e. The van der Waals surface area contributed by atoms with E-state index in [0.29, 0.717) is 5.75 Å². The molecule has 0 N–H and O–H groups in total. The number of benzene rings is 2. The van der Waals surface area contributed by atoms with Crippen LogP contribution < -0.4 is 4.74 Å². The predicted molar refractivity (Wildman–Crippen MR) is 112 cm³/mol. The summed E-state index contributed by atoms with van der Waals surface area (Å²) in [6.45, 7) is 3.38. The Hall–Kier alpha value is -3.66. The molecule has 10 heteroatoms. The molecule has 1 heterocycles. The lowest BCUT2D eigenvalue weighted by atomic mass is 9.97. The third kappa shape index (κ3) is 5.58. The van der Waals surface area contributed by atoms with Gasteiger partial charge in [0.25, 0.3) is 0 Å². The highest BCUT2D eigenvalue weighted by Crippen LogP contribution is 2.33. The second kappa shape index (κ2) is 10.3. The molecule has 1 aliphatic rings. The zero-order chi connectivity index (χ0) is 24.1. The zero-order valence-corrected chi connectivity index (χ0v) is 18.5. The summed E-state index contributed by atoms with van der Waals surface area (Å²) in [5.74, 6) is -2.80. The van der Waals surface area contributed by atoms with Crippen LogP contribution in [0.4, 0.5) is 0 Å². The Balaban J connectivity index is 2.07. The predicted octanol–water partition coefficient (Wildman–Crippen LogP) is 1.91. The molecule has 0 aromatic heterocycles. The van der Waals surface area contributed by atoms with Crippen molar-refractivity contribution >= 4 is 34.6 Å². The zero-order valence-electron chi connectivity index (χ0n) is 18.5. The highest BCUT2D eigenvalue weighted by Gasteiger charge is 2.55. The number of methoxy groups -OCH3 is 1. The Morgan fingerprint density at radius 3 is 1.97 bits per heavy atom.